The highest BCUT2D eigenvalue weighted by Crippen LogP contribution is 2.31. The molecule has 0 bridgehead atoms. The summed E-state index contributed by atoms with van der Waals surface area (Å²) in [7, 11) is -3.64. The lowest BCUT2D eigenvalue weighted by molar-refractivity contribution is -0.137. The van der Waals surface area contributed by atoms with E-state index in [9.17, 15) is 26.4 Å². The van der Waals surface area contributed by atoms with Gasteiger partial charge >= 0.3 is 6.18 Å². The maximum Gasteiger partial charge on any atom is 0.416 e. The highest BCUT2D eigenvalue weighted by Gasteiger charge is 2.30. The standard InChI is InChI=1S/C17H16ClF3N2O3S/c1-27(25,26)23-15(11-5-7-13(18)8-6-11)10-16(24)22-14-4-2-3-12(9-14)17(19,20)21/h2-9,15,23H,10H2,1H3,(H,22,24). The van der Waals surface area contributed by atoms with Gasteiger partial charge in [0, 0.05) is 17.1 Å². The molecular formula is C17H16ClF3N2O3S. The molecule has 0 aromatic heterocycles. The number of nitrogens with one attached hydrogen (secondary N) is 2. The lowest BCUT2D eigenvalue weighted by Crippen LogP contribution is -2.30. The molecule has 0 saturated heterocycles. The van der Waals surface area contributed by atoms with Gasteiger partial charge < -0.3 is 5.32 Å². The minimum atomic E-state index is -4.54. The number of benzene rings is 2. The number of carbonyl (C=O) groups is 1. The second-order valence-corrected chi connectivity index (χ2v) is 8.04. The molecule has 0 saturated carbocycles. The van der Waals surface area contributed by atoms with Crippen molar-refractivity contribution in [3.05, 3.63) is 64.7 Å². The van der Waals surface area contributed by atoms with E-state index in [0.29, 0.717) is 10.6 Å². The maximum absolute atomic E-state index is 12.8. The van der Waals surface area contributed by atoms with E-state index in [-0.39, 0.29) is 12.1 Å². The Hall–Kier alpha value is -2.10. The quantitative estimate of drug-likeness (QED) is 0.742. The van der Waals surface area contributed by atoms with Gasteiger partial charge in [0.2, 0.25) is 15.9 Å². The zero-order valence-electron chi connectivity index (χ0n) is 14.0. The average molecular weight is 421 g/mol. The van der Waals surface area contributed by atoms with Crippen molar-refractivity contribution in [2.45, 2.75) is 18.6 Å². The van der Waals surface area contributed by atoms with Gasteiger partial charge in [0.15, 0.2) is 0 Å². The van der Waals surface area contributed by atoms with Gasteiger partial charge in [-0.3, -0.25) is 4.79 Å². The third-order valence-corrected chi connectivity index (χ3v) is 4.46. The summed E-state index contributed by atoms with van der Waals surface area (Å²) in [5.41, 5.74) is -0.447. The topological polar surface area (TPSA) is 75.3 Å². The van der Waals surface area contributed by atoms with E-state index in [4.69, 9.17) is 11.6 Å². The summed E-state index contributed by atoms with van der Waals surface area (Å²) >= 11 is 5.80. The normalized spacial score (nSPS) is 13.2. The molecule has 0 radical (unpaired) electrons. The molecule has 10 heteroatoms. The lowest BCUT2D eigenvalue weighted by atomic mass is 10.0. The van der Waals surface area contributed by atoms with Crippen LogP contribution in [0.3, 0.4) is 0 Å². The van der Waals surface area contributed by atoms with Gasteiger partial charge in [-0.1, -0.05) is 29.8 Å². The first-order valence-corrected chi connectivity index (χ1v) is 9.91. The zero-order valence-corrected chi connectivity index (χ0v) is 15.6. The minimum Gasteiger partial charge on any atom is -0.326 e. The first-order valence-electron chi connectivity index (χ1n) is 7.64. The van der Waals surface area contributed by atoms with Crippen LogP contribution in [0.1, 0.15) is 23.6 Å². The third-order valence-electron chi connectivity index (χ3n) is 3.49. The summed E-state index contributed by atoms with van der Waals surface area (Å²) in [6.07, 6.45) is -3.91. The van der Waals surface area contributed by atoms with Crippen molar-refractivity contribution >= 4 is 33.2 Å². The number of hydrogen-bond acceptors (Lipinski definition) is 3. The van der Waals surface area contributed by atoms with Crippen molar-refractivity contribution < 1.29 is 26.4 Å². The molecule has 2 aromatic rings. The van der Waals surface area contributed by atoms with Crippen molar-refractivity contribution in [1.29, 1.82) is 0 Å². The van der Waals surface area contributed by atoms with Gasteiger partial charge in [-0.25, -0.2) is 13.1 Å². The van der Waals surface area contributed by atoms with Crippen molar-refractivity contribution in [1.82, 2.24) is 4.72 Å². The number of anilines is 1. The third kappa shape index (κ3) is 6.85. The molecular weight excluding hydrogens is 405 g/mol. The average Bonchev–Trinajstić information content (AvgIpc) is 2.53. The highest BCUT2D eigenvalue weighted by molar-refractivity contribution is 7.88. The van der Waals surface area contributed by atoms with E-state index in [1.165, 1.54) is 12.1 Å². The van der Waals surface area contributed by atoms with Crippen molar-refractivity contribution in [2.75, 3.05) is 11.6 Å². The number of halogens is 4. The Kier molecular flexibility index (Phi) is 6.50. The van der Waals surface area contributed by atoms with Crippen LogP contribution in [0.15, 0.2) is 48.5 Å². The molecule has 2 rings (SSSR count). The summed E-state index contributed by atoms with van der Waals surface area (Å²) in [5, 5.41) is 2.79. The summed E-state index contributed by atoms with van der Waals surface area (Å²) in [5.74, 6) is -0.648. The smallest absolute Gasteiger partial charge is 0.326 e. The van der Waals surface area contributed by atoms with Crippen molar-refractivity contribution in [2.24, 2.45) is 0 Å². The van der Waals surface area contributed by atoms with Gasteiger partial charge in [0.25, 0.3) is 0 Å². The van der Waals surface area contributed by atoms with Crippen LogP contribution in [-0.4, -0.2) is 20.6 Å². The first-order chi connectivity index (χ1) is 12.4. The van der Waals surface area contributed by atoms with Crippen LogP contribution in [0, 0.1) is 0 Å². The minimum absolute atomic E-state index is 0.0379. The van der Waals surface area contributed by atoms with E-state index in [0.717, 1.165) is 18.4 Å². The Balaban J connectivity index is 2.17. The molecule has 2 N–H and O–H groups in total. The van der Waals surface area contributed by atoms with Crippen LogP contribution in [0.4, 0.5) is 18.9 Å². The maximum atomic E-state index is 12.8. The Morgan fingerprint density at radius 1 is 1.15 bits per heavy atom. The van der Waals surface area contributed by atoms with Gasteiger partial charge in [-0.05, 0) is 35.9 Å². The first kappa shape index (κ1) is 21.2. The lowest BCUT2D eigenvalue weighted by Gasteiger charge is -2.18. The Labute approximate surface area is 159 Å². The summed E-state index contributed by atoms with van der Waals surface area (Å²) in [6.45, 7) is 0. The van der Waals surface area contributed by atoms with E-state index in [2.05, 4.69) is 10.0 Å². The second-order valence-electron chi connectivity index (χ2n) is 5.83. The number of amides is 1. The summed E-state index contributed by atoms with van der Waals surface area (Å²) < 4.78 is 63.8. The molecule has 0 aliphatic rings. The number of carbonyl (C=O) groups excluding carboxylic acids is 1. The van der Waals surface area contributed by atoms with Gasteiger partial charge in [-0.2, -0.15) is 13.2 Å². The molecule has 2 aromatic carbocycles. The molecule has 27 heavy (non-hydrogen) atoms. The van der Waals surface area contributed by atoms with Crippen LogP contribution >= 0.6 is 11.6 Å². The van der Waals surface area contributed by atoms with E-state index in [1.54, 1.807) is 24.3 Å². The Bertz CT molecular complexity index is 916. The van der Waals surface area contributed by atoms with Gasteiger partial charge in [0.05, 0.1) is 17.9 Å². The molecule has 1 atom stereocenters. The fourth-order valence-electron chi connectivity index (χ4n) is 2.35. The Morgan fingerprint density at radius 3 is 2.33 bits per heavy atom. The monoisotopic (exact) mass is 420 g/mol. The van der Waals surface area contributed by atoms with Crippen LogP contribution in [0.25, 0.3) is 0 Å². The fraction of sp³-hybridized carbons (Fsp3) is 0.235. The molecule has 146 valence electrons. The number of sulfonamides is 1. The number of alkyl halides is 3. The molecule has 0 spiro atoms. The SMILES string of the molecule is CS(=O)(=O)NC(CC(=O)Nc1cccc(C(F)(F)F)c1)c1ccc(Cl)cc1. The molecule has 1 amide bonds. The molecule has 5 nitrogen and oxygen atoms in total. The van der Waals surface area contributed by atoms with Gasteiger partial charge in [0.1, 0.15) is 0 Å². The van der Waals surface area contributed by atoms with E-state index in [1.807, 2.05) is 0 Å². The van der Waals surface area contributed by atoms with Crippen LogP contribution < -0.4 is 10.0 Å². The Morgan fingerprint density at radius 2 is 1.78 bits per heavy atom. The van der Waals surface area contributed by atoms with Crippen LogP contribution in [0.2, 0.25) is 5.02 Å². The second kappa shape index (κ2) is 8.28. The fourth-order valence-corrected chi connectivity index (χ4v) is 3.21. The molecule has 0 aliphatic heterocycles. The summed E-state index contributed by atoms with van der Waals surface area (Å²) in [4.78, 5) is 12.3. The van der Waals surface area contributed by atoms with Crippen molar-refractivity contribution in [3.8, 4) is 0 Å². The van der Waals surface area contributed by atoms with E-state index < -0.39 is 33.7 Å². The largest absolute Gasteiger partial charge is 0.416 e. The molecule has 1 unspecified atom stereocenters. The van der Waals surface area contributed by atoms with Gasteiger partial charge in [-0.15, -0.1) is 0 Å². The molecule has 0 fully saturated rings. The highest BCUT2D eigenvalue weighted by atomic mass is 35.5. The van der Waals surface area contributed by atoms with Crippen LogP contribution in [0.5, 0.6) is 0 Å². The number of hydrogen-bond donors (Lipinski definition) is 2. The zero-order chi connectivity index (χ0) is 20.2. The molecule has 0 heterocycles. The van der Waals surface area contributed by atoms with E-state index >= 15 is 0 Å². The predicted molar refractivity (Wildman–Crippen MR) is 96.9 cm³/mol. The van der Waals surface area contributed by atoms with Crippen LogP contribution in [-0.2, 0) is 21.0 Å². The molecule has 0 aliphatic carbocycles. The summed E-state index contributed by atoms with van der Waals surface area (Å²) in [6, 6.07) is 9.47. The van der Waals surface area contributed by atoms with Crippen molar-refractivity contribution in [3.63, 3.8) is 0 Å². The predicted octanol–water partition coefficient (Wildman–Crippen LogP) is 3.98. The number of rotatable bonds is 6.